The number of aryl methyl sites for hydroxylation is 1. The van der Waals surface area contributed by atoms with Crippen molar-refractivity contribution in [3.63, 3.8) is 0 Å². The fourth-order valence-electron chi connectivity index (χ4n) is 1.54. The second-order valence-corrected chi connectivity index (χ2v) is 5.83. The first kappa shape index (κ1) is 10.9. The SMILES string of the molecule is CCc1cc(I)c2c(CBr)csc2c1. The van der Waals surface area contributed by atoms with Gasteiger partial charge in [-0.15, -0.1) is 11.3 Å². The summed E-state index contributed by atoms with van der Waals surface area (Å²) < 4.78 is 2.80. The van der Waals surface area contributed by atoms with Crippen LogP contribution in [0.4, 0.5) is 0 Å². The summed E-state index contributed by atoms with van der Waals surface area (Å²) in [5.74, 6) is 0. The van der Waals surface area contributed by atoms with Gasteiger partial charge < -0.3 is 0 Å². The van der Waals surface area contributed by atoms with Gasteiger partial charge in [0.25, 0.3) is 0 Å². The van der Waals surface area contributed by atoms with Crippen LogP contribution >= 0.6 is 49.9 Å². The maximum atomic E-state index is 3.53. The van der Waals surface area contributed by atoms with Gasteiger partial charge in [0.05, 0.1) is 0 Å². The third-order valence-corrected chi connectivity index (χ3v) is 4.75. The second-order valence-electron chi connectivity index (χ2n) is 3.20. The first-order chi connectivity index (χ1) is 6.76. The van der Waals surface area contributed by atoms with E-state index in [9.17, 15) is 0 Å². The van der Waals surface area contributed by atoms with Crippen LogP contribution in [0.5, 0.6) is 0 Å². The van der Waals surface area contributed by atoms with Gasteiger partial charge in [-0.05, 0) is 57.7 Å². The number of fused-ring (bicyclic) bond motifs is 1. The van der Waals surface area contributed by atoms with Gasteiger partial charge in [-0.25, -0.2) is 0 Å². The van der Waals surface area contributed by atoms with Crippen molar-refractivity contribution in [2.45, 2.75) is 18.7 Å². The summed E-state index contributed by atoms with van der Waals surface area (Å²) in [6.45, 7) is 2.20. The molecule has 0 amide bonds. The van der Waals surface area contributed by atoms with Gasteiger partial charge in [0.2, 0.25) is 0 Å². The number of halogens is 2. The molecule has 14 heavy (non-hydrogen) atoms. The Kier molecular flexibility index (Phi) is 3.50. The van der Waals surface area contributed by atoms with Crippen LogP contribution < -0.4 is 0 Å². The van der Waals surface area contributed by atoms with Crippen LogP contribution in [-0.2, 0) is 11.8 Å². The zero-order valence-electron chi connectivity index (χ0n) is 7.81. The number of hydrogen-bond acceptors (Lipinski definition) is 1. The average Bonchev–Trinajstić information content (AvgIpc) is 2.61. The van der Waals surface area contributed by atoms with Crippen molar-refractivity contribution in [1.82, 2.24) is 0 Å². The van der Waals surface area contributed by atoms with E-state index in [1.54, 1.807) is 0 Å². The molecule has 3 heteroatoms. The van der Waals surface area contributed by atoms with Crippen molar-refractivity contribution >= 4 is 59.9 Å². The van der Waals surface area contributed by atoms with E-state index in [0.29, 0.717) is 0 Å². The minimum Gasteiger partial charge on any atom is -0.143 e. The molecule has 0 atom stereocenters. The first-order valence-corrected chi connectivity index (χ1v) is 7.58. The summed E-state index contributed by atoms with van der Waals surface area (Å²) in [5.41, 5.74) is 2.85. The van der Waals surface area contributed by atoms with Crippen LogP contribution in [0.15, 0.2) is 17.5 Å². The van der Waals surface area contributed by atoms with E-state index in [4.69, 9.17) is 0 Å². The van der Waals surface area contributed by atoms with Crippen LogP contribution in [0.3, 0.4) is 0 Å². The second kappa shape index (κ2) is 4.49. The molecule has 0 spiro atoms. The molecule has 0 saturated heterocycles. The normalized spacial score (nSPS) is 11.1. The summed E-state index contributed by atoms with van der Waals surface area (Å²) in [6, 6.07) is 4.61. The van der Waals surface area contributed by atoms with E-state index in [0.717, 1.165) is 11.8 Å². The van der Waals surface area contributed by atoms with E-state index in [-0.39, 0.29) is 0 Å². The lowest BCUT2D eigenvalue weighted by molar-refractivity contribution is 1.14. The predicted molar refractivity (Wildman–Crippen MR) is 76.6 cm³/mol. The Morgan fingerprint density at radius 3 is 2.86 bits per heavy atom. The van der Waals surface area contributed by atoms with Gasteiger partial charge in [0.15, 0.2) is 0 Å². The predicted octanol–water partition coefficient (Wildman–Crippen LogP) is 4.96. The smallest absolute Gasteiger partial charge is 0.0359 e. The minimum absolute atomic E-state index is 0.953. The number of benzene rings is 1. The Bertz CT molecular complexity index is 462. The molecule has 0 saturated carbocycles. The number of hydrogen-bond donors (Lipinski definition) is 0. The zero-order chi connectivity index (χ0) is 10.1. The lowest BCUT2D eigenvalue weighted by Crippen LogP contribution is -1.84. The molecule has 74 valence electrons. The largest absolute Gasteiger partial charge is 0.143 e. The summed E-state index contributed by atoms with van der Waals surface area (Å²) in [4.78, 5) is 0. The van der Waals surface area contributed by atoms with Gasteiger partial charge in [-0.2, -0.15) is 0 Å². The van der Waals surface area contributed by atoms with E-state index in [1.165, 1.54) is 24.8 Å². The van der Waals surface area contributed by atoms with Crippen molar-refractivity contribution < 1.29 is 0 Å². The molecule has 0 aliphatic carbocycles. The standard InChI is InChI=1S/C11H10BrIS/c1-2-7-3-9(13)11-8(5-12)6-14-10(11)4-7/h3-4,6H,2,5H2,1H3. The van der Waals surface area contributed by atoms with Crippen molar-refractivity contribution in [3.05, 3.63) is 32.2 Å². The molecular weight excluding hydrogens is 371 g/mol. The van der Waals surface area contributed by atoms with E-state index >= 15 is 0 Å². The number of rotatable bonds is 2. The highest BCUT2D eigenvalue weighted by Gasteiger charge is 2.07. The Balaban J connectivity index is 2.72. The van der Waals surface area contributed by atoms with Crippen LogP contribution in [0.2, 0.25) is 0 Å². The maximum absolute atomic E-state index is 3.53. The van der Waals surface area contributed by atoms with Crippen molar-refractivity contribution in [1.29, 1.82) is 0 Å². The summed E-state index contributed by atoms with van der Waals surface area (Å²) >= 11 is 7.82. The molecule has 0 bridgehead atoms. The molecule has 0 fully saturated rings. The molecule has 0 aliphatic heterocycles. The fourth-order valence-corrected chi connectivity index (χ4v) is 4.46. The highest BCUT2D eigenvalue weighted by molar-refractivity contribution is 14.1. The Morgan fingerprint density at radius 2 is 2.21 bits per heavy atom. The van der Waals surface area contributed by atoms with Crippen molar-refractivity contribution in [2.24, 2.45) is 0 Å². The van der Waals surface area contributed by atoms with Crippen molar-refractivity contribution in [3.8, 4) is 0 Å². The summed E-state index contributed by atoms with van der Waals surface area (Å²) in [7, 11) is 0. The van der Waals surface area contributed by atoms with E-state index in [2.05, 4.69) is 63.0 Å². The first-order valence-electron chi connectivity index (χ1n) is 4.50. The summed E-state index contributed by atoms with van der Waals surface area (Å²) in [5, 5.41) is 4.64. The van der Waals surface area contributed by atoms with Crippen molar-refractivity contribution in [2.75, 3.05) is 0 Å². The molecule has 1 aromatic carbocycles. The Morgan fingerprint density at radius 1 is 1.43 bits per heavy atom. The van der Waals surface area contributed by atoms with Crippen LogP contribution in [0.1, 0.15) is 18.1 Å². The van der Waals surface area contributed by atoms with Gasteiger partial charge in [-0.1, -0.05) is 22.9 Å². The molecule has 2 aromatic rings. The minimum atomic E-state index is 0.953. The van der Waals surface area contributed by atoms with Crippen LogP contribution in [-0.4, -0.2) is 0 Å². The van der Waals surface area contributed by atoms with Gasteiger partial charge in [0, 0.05) is 19.0 Å². The van der Waals surface area contributed by atoms with Crippen LogP contribution in [0, 0.1) is 3.57 Å². The lowest BCUT2D eigenvalue weighted by Gasteiger charge is -2.01. The Labute approximate surface area is 110 Å². The Hall–Kier alpha value is 0.390. The zero-order valence-corrected chi connectivity index (χ0v) is 12.4. The maximum Gasteiger partial charge on any atom is 0.0359 e. The molecule has 0 aliphatic rings. The topological polar surface area (TPSA) is 0 Å². The van der Waals surface area contributed by atoms with Gasteiger partial charge in [0.1, 0.15) is 0 Å². The fraction of sp³-hybridized carbons (Fsp3) is 0.273. The monoisotopic (exact) mass is 380 g/mol. The number of alkyl halides is 1. The van der Waals surface area contributed by atoms with E-state index < -0.39 is 0 Å². The lowest BCUT2D eigenvalue weighted by atomic mass is 10.1. The molecule has 1 aromatic heterocycles. The molecule has 1 heterocycles. The highest BCUT2D eigenvalue weighted by Crippen LogP contribution is 2.32. The highest BCUT2D eigenvalue weighted by atomic mass is 127. The quantitative estimate of drug-likeness (QED) is 0.510. The third-order valence-electron chi connectivity index (χ3n) is 2.32. The molecule has 0 N–H and O–H groups in total. The summed E-state index contributed by atoms with van der Waals surface area (Å²) in [6.07, 6.45) is 1.12. The van der Waals surface area contributed by atoms with Gasteiger partial charge in [-0.3, -0.25) is 0 Å². The average molecular weight is 381 g/mol. The molecular formula is C11H10BrIS. The molecule has 2 rings (SSSR count). The molecule has 0 unspecified atom stereocenters. The van der Waals surface area contributed by atoms with Gasteiger partial charge >= 0.3 is 0 Å². The number of thiophene rings is 1. The molecule has 0 radical (unpaired) electrons. The van der Waals surface area contributed by atoms with E-state index in [1.807, 2.05) is 11.3 Å². The molecule has 0 nitrogen and oxygen atoms in total. The van der Waals surface area contributed by atoms with Crippen LogP contribution in [0.25, 0.3) is 10.1 Å². The third kappa shape index (κ3) is 1.86.